The van der Waals surface area contributed by atoms with E-state index in [9.17, 15) is 4.79 Å². The predicted molar refractivity (Wildman–Crippen MR) is 53.9 cm³/mol. The number of nitrogens with two attached hydrogens (primary N) is 1. The molecule has 5 heteroatoms. The summed E-state index contributed by atoms with van der Waals surface area (Å²) in [6.07, 6.45) is 0. The van der Waals surface area contributed by atoms with Gasteiger partial charge in [0, 0.05) is 0 Å². The number of halogens is 1. The number of hydrogen-bond acceptors (Lipinski definition) is 3. The number of rotatable bonds is 2. The average Bonchev–Trinajstić information content (AvgIpc) is 2.21. The molecule has 0 aliphatic carbocycles. The smallest absolute Gasteiger partial charge is 0.238 e. The number of anilines is 1. The lowest BCUT2D eigenvalue weighted by molar-refractivity contribution is -0.114. The van der Waals surface area contributed by atoms with Gasteiger partial charge >= 0.3 is 0 Å². The molecule has 0 spiro atoms. The van der Waals surface area contributed by atoms with E-state index in [4.69, 9.17) is 22.6 Å². The fraction of sp³-hybridized carbons (Fsp3) is 0.111. The molecule has 0 radical (unpaired) electrons. The Morgan fingerprint density at radius 1 is 1.64 bits per heavy atom. The normalized spacial score (nSPS) is 9.21. The van der Waals surface area contributed by atoms with E-state index >= 15 is 0 Å². The van der Waals surface area contributed by atoms with Gasteiger partial charge in [0.2, 0.25) is 5.91 Å². The van der Waals surface area contributed by atoms with Crippen LogP contribution in [0.2, 0.25) is 5.02 Å². The molecule has 72 valence electrons. The molecule has 14 heavy (non-hydrogen) atoms. The molecule has 0 saturated heterocycles. The fourth-order valence-corrected chi connectivity index (χ4v) is 1.06. The molecule has 4 nitrogen and oxygen atoms in total. The summed E-state index contributed by atoms with van der Waals surface area (Å²) < 4.78 is 0. The van der Waals surface area contributed by atoms with Crippen molar-refractivity contribution in [2.45, 2.75) is 0 Å². The molecule has 0 aliphatic heterocycles. The first kappa shape index (κ1) is 10.5. The number of nitrogens with one attached hydrogen (secondary N) is 1. The molecule has 0 saturated carbocycles. The minimum atomic E-state index is -0.345. The molecular formula is C9H8ClN3O. The second-order valence-electron chi connectivity index (χ2n) is 2.56. The molecule has 1 rings (SSSR count). The lowest BCUT2D eigenvalue weighted by Crippen LogP contribution is -2.22. The van der Waals surface area contributed by atoms with Gasteiger partial charge in [0.15, 0.2) is 0 Å². The van der Waals surface area contributed by atoms with Crippen molar-refractivity contribution in [3.63, 3.8) is 0 Å². The van der Waals surface area contributed by atoms with Gasteiger partial charge in [-0.25, -0.2) is 0 Å². The van der Waals surface area contributed by atoms with Crippen LogP contribution >= 0.6 is 11.6 Å². The number of amides is 1. The zero-order valence-corrected chi connectivity index (χ0v) is 8.01. The lowest BCUT2D eigenvalue weighted by atomic mass is 10.2. The summed E-state index contributed by atoms with van der Waals surface area (Å²) in [6.45, 7) is -0.118. The van der Waals surface area contributed by atoms with Gasteiger partial charge in [-0.05, 0) is 18.2 Å². The summed E-state index contributed by atoms with van der Waals surface area (Å²) in [5.74, 6) is -0.345. The highest BCUT2D eigenvalue weighted by Crippen LogP contribution is 2.22. The first-order valence-electron chi connectivity index (χ1n) is 3.87. The Labute approximate surface area is 86.3 Å². The van der Waals surface area contributed by atoms with E-state index in [0.29, 0.717) is 16.3 Å². The summed E-state index contributed by atoms with van der Waals surface area (Å²) in [7, 11) is 0. The number of hydrogen-bond donors (Lipinski definition) is 2. The first-order chi connectivity index (χ1) is 6.67. The number of benzene rings is 1. The van der Waals surface area contributed by atoms with Gasteiger partial charge in [-0.3, -0.25) is 4.79 Å². The maximum absolute atomic E-state index is 11.0. The van der Waals surface area contributed by atoms with Crippen molar-refractivity contribution in [3.8, 4) is 6.07 Å². The Balaban J connectivity index is 2.96. The largest absolute Gasteiger partial charge is 0.324 e. The van der Waals surface area contributed by atoms with Crippen LogP contribution in [0.3, 0.4) is 0 Å². The second-order valence-corrected chi connectivity index (χ2v) is 2.97. The van der Waals surface area contributed by atoms with Crippen LogP contribution in [0.1, 0.15) is 5.56 Å². The van der Waals surface area contributed by atoms with E-state index < -0.39 is 0 Å². The third-order valence-electron chi connectivity index (χ3n) is 1.55. The van der Waals surface area contributed by atoms with Crippen molar-refractivity contribution in [2.75, 3.05) is 11.9 Å². The van der Waals surface area contributed by atoms with Crippen molar-refractivity contribution < 1.29 is 4.79 Å². The highest BCUT2D eigenvalue weighted by atomic mass is 35.5. The van der Waals surface area contributed by atoms with E-state index in [1.54, 1.807) is 12.1 Å². The third-order valence-corrected chi connectivity index (χ3v) is 1.88. The molecule has 1 aromatic rings. The van der Waals surface area contributed by atoms with E-state index in [1.165, 1.54) is 6.07 Å². The number of nitriles is 1. The van der Waals surface area contributed by atoms with E-state index in [1.807, 2.05) is 6.07 Å². The van der Waals surface area contributed by atoms with Crippen LogP contribution in [0.4, 0.5) is 5.69 Å². The monoisotopic (exact) mass is 209 g/mol. The fourth-order valence-electron chi connectivity index (χ4n) is 0.892. The van der Waals surface area contributed by atoms with Crippen LogP contribution in [0.5, 0.6) is 0 Å². The molecule has 0 aliphatic rings. The first-order valence-corrected chi connectivity index (χ1v) is 4.24. The van der Waals surface area contributed by atoms with E-state index in [0.717, 1.165) is 0 Å². The van der Waals surface area contributed by atoms with Crippen molar-refractivity contribution in [1.29, 1.82) is 5.26 Å². The van der Waals surface area contributed by atoms with E-state index in [2.05, 4.69) is 5.32 Å². The Morgan fingerprint density at radius 3 is 2.93 bits per heavy atom. The summed E-state index contributed by atoms with van der Waals surface area (Å²) in [6, 6.07) is 6.56. The van der Waals surface area contributed by atoms with Crippen LogP contribution in [-0.4, -0.2) is 12.5 Å². The lowest BCUT2D eigenvalue weighted by Gasteiger charge is -2.05. The van der Waals surface area contributed by atoms with Gasteiger partial charge in [-0.2, -0.15) is 5.26 Å². The topological polar surface area (TPSA) is 78.9 Å². The Bertz CT molecular complexity index is 398. The number of carbonyl (C=O) groups excluding carboxylic acids is 1. The van der Waals surface area contributed by atoms with Gasteiger partial charge in [0.05, 0.1) is 28.9 Å². The molecule has 0 heterocycles. The maximum Gasteiger partial charge on any atom is 0.238 e. The average molecular weight is 210 g/mol. The van der Waals surface area contributed by atoms with Gasteiger partial charge in [-0.1, -0.05) is 11.6 Å². The van der Waals surface area contributed by atoms with Crippen molar-refractivity contribution in [3.05, 3.63) is 28.8 Å². The van der Waals surface area contributed by atoms with Crippen molar-refractivity contribution in [1.82, 2.24) is 0 Å². The maximum atomic E-state index is 11.0. The Hall–Kier alpha value is -1.57. The standard InChI is InChI=1S/C9H8ClN3O/c10-7-2-1-6(4-11)3-8(7)13-9(14)5-12/h1-3H,5,12H2,(H,13,14). The van der Waals surface area contributed by atoms with Crippen LogP contribution in [0.25, 0.3) is 0 Å². The van der Waals surface area contributed by atoms with Gasteiger partial charge in [0.25, 0.3) is 0 Å². The van der Waals surface area contributed by atoms with Crippen LogP contribution in [-0.2, 0) is 4.79 Å². The van der Waals surface area contributed by atoms with Crippen LogP contribution in [0.15, 0.2) is 18.2 Å². The number of nitrogens with zero attached hydrogens (tertiary/aromatic N) is 1. The van der Waals surface area contributed by atoms with Gasteiger partial charge < -0.3 is 11.1 Å². The highest BCUT2D eigenvalue weighted by Gasteiger charge is 2.04. The van der Waals surface area contributed by atoms with Crippen LogP contribution in [0, 0.1) is 11.3 Å². The predicted octanol–water partition coefficient (Wildman–Crippen LogP) is 1.11. The van der Waals surface area contributed by atoms with E-state index in [-0.39, 0.29) is 12.5 Å². The SMILES string of the molecule is N#Cc1ccc(Cl)c(NC(=O)CN)c1. The number of carbonyl (C=O) groups is 1. The molecule has 3 N–H and O–H groups in total. The summed E-state index contributed by atoms with van der Waals surface area (Å²) in [4.78, 5) is 11.0. The molecular weight excluding hydrogens is 202 g/mol. The van der Waals surface area contributed by atoms with Crippen molar-refractivity contribution >= 4 is 23.2 Å². The third kappa shape index (κ3) is 2.46. The summed E-state index contributed by atoms with van der Waals surface area (Å²) >= 11 is 5.79. The Kier molecular flexibility index (Phi) is 3.46. The van der Waals surface area contributed by atoms with Crippen LogP contribution < -0.4 is 11.1 Å². The highest BCUT2D eigenvalue weighted by molar-refractivity contribution is 6.33. The zero-order valence-electron chi connectivity index (χ0n) is 7.25. The molecule has 0 fully saturated rings. The van der Waals surface area contributed by atoms with Gasteiger partial charge in [0.1, 0.15) is 0 Å². The molecule has 1 aromatic carbocycles. The molecule has 0 bridgehead atoms. The van der Waals surface area contributed by atoms with Crippen molar-refractivity contribution in [2.24, 2.45) is 5.73 Å². The minimum absolute atomic E-state index is 0.118. The summed E-state index contributed by atoms with van der Waals surface area (Å²) in [5.41, 5.74) is 5.96. The molecule has 0 atom stereocenters. The van der Waals surface area contributed by atoms with Gasteiger partial charge in [-0.15, -0.1) is 0 Å². The Morgan fingerprint density at radius 2 is 2.36 bits per heavy atom. The molecule has 1 amide bonds. The summed E-state index contributed by atoms with van der Waals surface area (Å²) in [5, 5.41) is 11.5. The molecule has 0 unspecified atom stereocenters. The second kappa shape index (κ2) is 4.61. The quantitative estimate of drug-likeness (QED) is 0.766. The molecule has 0 aromatic heterocycles. The zero-order chi connectivity index (χ0) is 10.6. The minimum Gasteiger partial charge on any atom is -0.324 e.